The smallest absolute Gasteiger partial charge is 0.135 e. The maximum Gasteiger partial charge on any atom is 0.135 e. The van der Waals surface area contributed by atoms with Crippen LogP contribution in [0.5, 0.6) is 0 Å². The summed E-state index contributed by atoms with van der Waals surface area (Å²) in [5, 5.41) is 0. The molecule has 0 aliphatic carbocycles. The quantitative estimate of drug-likeness (QED) is 0.863. The van der Waals surface area contributed by atoms with Crippen molar-refractivity contribution in [3.8, 4) is 0 Å². The van der Waals surface area contributed by atoms with Crippen LogP contribution in [0.15, 0.2) is 30.9 Å². The van der Waals surface area contributed by atoms with Crippen LogP contribution < -0.4 is 4.90 Å². The Balaban J connectivity index is 1.75. The molecule has 0 spiro atoms. The zero-order chi connectivity index (χ0) is 15.4. The summed E-state index contributed by atoms with van der Waals surface area (Å²) in [6, 6.07) is 4.14. The Labute approximate surface area is 132 Å². The molecule has 22 heavy (non-hydrogen) atoms. The lowest BCUT2D eigenvalue weighted by Crippen LogP contribution is -2.26. The second-order valence-electron chi connectivity index (χ2n) is 5.77. The van der Waals surface area contributed by atoms with E-state index in [4.69, 9.17) is 0 Å². The number of nitrogens with zero attached hydrogens (tertiary/aromatic N) is 5. The predicted octanol–water partition coefficient (Wildman–Crippen LogP) is 1.93. The van der Waals surface area contributed by atoms with Gasteiger partial charge in [-0.3, -0.25) is 9.88 Å². The molecule has 0 atom stereocenters. The fourth-order valence-corrected chi connectivity index (χ4v) is 2.94. The Hall–Kier alpha value is -2.01. The van der Waals surface area contributed by atoms with E-state index in [-0.39, 0.29) is 0 Å². The molecule has 2 aromatic rings. The first kappa shape index (κ1) is 14.9. The Morgan fingerprint density at radius 1 is 1.23 bits per heavy atom. The fourth-order valence-electron chi connectivity index (χ4n) is 2.94. The van der Waals surface area contributed by atoms with Crippen molar-refractivity contribution in [2.75, 3.05) is 31.6 Å². The van der Waals surface area contributed by atoms with Gasteiger partial charge in [-0.25, -0.2) is 9.97 Å². The van der Waals surface area contributed by atoms with Crippen LogP contribution in [0.2, 0.25) is 0 Å². The highest BCUT2D eigenvalue weighted by Gasteiger charge is 2.19. The van der Waals surface area contributed by atoms with Crippen molar-refractivity contribution in [3.63, 3.8) is 0 Å². The minimum Gasteiger partial charge on any atom is -0.360 e. The first-order valence-corrected chi connectivity index (χ1v) is 7.93. The summed E-state index contributed by atoms with van der Waals surface area (Å²) < 4.78 is 0. The second kappa shape index (κ2) is 6.83. The molecule has 0 saturated carbocycles. The second-order valence-corrected chi connectivity index (χ2v) is 5.77. The van der Waals surface area contributed by atoms with Crippen LogP contribution in [0, 0.1) is 0 Å². The summed E-state index contributed by atoms with van der Waals surface area (Å²) >= 11 is 0. The normalized spacial score (nSPS) is 15.2. The predicted molar refractivity (Wildman–Crippen MR) is 87.9 cm³/mol. The number of fused-ring (bicyclic) bond motifs is 1. The van der Waals surface area contributed by atoms with E-state index >= 15 is 0 Å². The molecule has 5 nitrogen and oxygen atoms in total. The van der Waals surface area contributed by atoms with Gasteiger partial charge < -0.3 is 4.90 Å². The zero-order valence-electron chi connectivity index (χ0n) is 13.4. The number of anilines is 1. The molecule has 0 unspecified atom stereocenters. The van der Waals surface area contributed by atoms with Gasteiger partial charge >= 0.3 is 0 Å². The summed E-state index contributed by atoms with van der Waals surface area (Å²) in [7, 11) is 2.10. The average molecular weight is 297 g/mol. The molecular formula is C17H23N5. The highest BCUT2D eigenvalue weighted by molar-refractivity contribution is 5.48. The highest BCUT2D eigenvalue weighted by Crippen LogP contribution is 2.23. The molecule has 0 radical (unpaired) electrons. The number of hydrogen-bond acceptors (Lipinski definition) is 5. The minimum absolute atomic E-state index is 0.953. The molecule has 2 aromatic heterocycles. The maximum atomic E-state index is 4.52. The summed E-state index contributed by atoms with van der Waals surface area (Å²) in [6.07, 6.45) is 7.48. The Morgan fingerprint density at radius 2 is 2.09 bits per heavy atom. The summed E-state index contributed by atoms with van der Waals surface area (Å²) in [6.45, 7) is 6.14. The van der Waals surface area contributed by atoms with E-state index in [0.29, 0.717) is 0 Å². The molecule has 116 valence electrons. The van der Waals surface area contributed by atoms with Crippen molar-refractivity contribution >= 4 is 5.82 Å². The van der Waals surface area contributed by atoms with Crippen LogP contribution >= 0.6 is 0 Å². The van der Waals surface area contributed by atoms with Crippen LogP contribution in [0.4, 0.5) is 5.82 Å². The van der Waals surface area contributed by atoms with Gasteiger partial charge in [-0.15, -0.1) is 0 Å². The van der Waals surface area contributed by atoms with Crippen molar-refractivity contribution < 1.29 is 0 Å². The van der Waals surface area contributed by atoms with Gasteiger partial charge in [0.25, 0.3) is 0 Å². The van der Waals surface area contributed by atoms with Gasteiger partial charge in [0.15, 0.2) is 0 Å². The van der Waals surface area contributed by atoms with E-state index in [0.717, 1.165) is 44.8 Å². The van der Waals surface area contributed by atoms with Gasteiger partial charge in [0.2, 0.25) is 0 Å². The molecule has 3 rings (SSSR count). The molecule has 1 aliphatic rings. The topological polar surface area (TPSA) is 45.2 Å². The molecule has 0 aromatic carbocycles. The van der Waals surface area contributed by atoms with E-state index < -0.39 is 0 Å². The van der Waals surface area contributed by atoms with Gasteiger partial charge in [-0.2, -0.15) is 0 Å². The van der Waals surface area contributed by atoms with Gasteiger partial charge in [-0.1, -0.05) is 6.07 Å². The third-order valence-electron chi connectivity index (χ3n) is 4.32. The lowest BCUT2D eigenvalue weighted by atomic mass is 10.1. The van der Waals surface area contributed by atoms with Gasteiger partial charge in [0, 0.05) is 57.6 Å². The summed E-state index contributed by atoms with van der Waals surface area (Å²) in [4.78, 5) is 17.9. The van der Waals surface area contributed by atoms with E-state index in [1.165, 1.54) is 16.8 Å². The van der Waals surface area contributed by atoms with Crippen molar-refractivity contribution in [3.05, 3.63) is 47.7 Å². The van der Waals surface area contributed by atoms with Crippen molar-refractivity contribution in [2.45, 2.75) is 26.3 Å². The van der Waals surface area contributed by atoms with Crippen molar-refractivity contribution in [2.24, 2.45) is 0 Å². The SMILES string of the molecule is CCN(C)c1ncnc2c1CCN(Cc1cccnc1)CC2. The summed E-state index contributed by atoms with van der Waals surface area (Å²) in [5.41, 5.74) is 3.80. The highest BCUT2D eigenvalue weighted by atomic mass is 15.2. The van der Waals surface area contributed by atoms with Gasteiger partial charge in [0.05, 0.1) is 5.69 Å². The van der Waals surface area contributed by atoms with Gasteiger partial charge in [0.1, 0.15) is 12.1 Å². The lowest BCUT2D eigenvalue weighted by molar-refractivity contribution is 0.278. The lowest BCUT2D eigenvalue weighted by Gasteiger charge is -2.20. The first-order chi connectivity index (χ1) is 10.8. The largest absolute Gasteiger partial charge is 0.360 e. The van der Waals surface area contributed by atoms with Crippen molar-refractivity contribution in [1.82, 2.24) is 19.9 Å². The van der Waals surface area contributed by atoms with Crippen LogP contribution in [0.3, 0.4) is 0 Å². The standard InChI is InChI=1S/C17H23N5/c1-3-21(2)17-15-6-9-22(10-7-16(15)19-13-20-17)12-14-5-4-8-18-11-14/h4-5,8,11,13H,3,6-7,9-10,12H2,1-2H3. The average Bonchev–Trinajstić information content (AvgIpc) is 2.77. The monoisotopic (exact) mass is 297 g/mol. The molecule has 0 fully saturated rings. The Kier molecular flexibility index (Phi) is 4.63. The molecule has 0 bridgehead atoms. The molecule has 1 aliphatic heterocycles. The van der Waals surface area contributed by atoms with Crippen LogP contribution in [-0.4, -0.2) is 46.5 Å². The minimum atomic E-state index is 0.953. The summed E-state index contributed by atoms with van der Waals surface area (Å²) in [5.74, 6) is 1.09. The number of hydrogen-bond donors (Lipinski definition) is 0. The van der Waals surface area contributed by atoms with Gasteiger partial charge in [-0.05, 0) is 25.0 Å². The maximum absolute atomic E-state index is 4.52. The third-order valence-corrected chi connectivity index (χ3v) is 4.32. The number of pyridine rings is 1. The van der Waals surface area contributed by atoms with Crippen LogP contribution in [0.1, 0.15) is 23.7 Å². The molecule has 3 heterocycles. The molecule has 5 heteroatoms. The third kappa shape index (κ3) is 3.25. The van der Waals surface area contributed by atoms with Crippen LogP contribution in [-0.2, 0) is 19.4 Å². The molecular weight excluding hydrogens is 274 g/mol. The van der Waals surface area contributed by atoms with Crippen molar-refractivity contribution in [1.29, 1.82) is 0 Å². The molecule has 0 saturated heterocycles. The van der Waals surface area contributed by atoms with E-state index in [2.05, 4.69) is 44.8 Å². The first-order valence-electron chi connectivity index (χ1n) is 7.93. The Morgan fingerprint density at radius 3 is 2.86 bits per heavy atom. The fraction of sp³-hybridized carbons (Fsp3) is 0.471. The van der Waals surface area contributed by atoms with Crippen LogP contribution in [0.25, 0.3) is 0 Å². The zero-order valence-corrected chi connectivity index (χ0v) is 13.4. The number of rotatable bonds is 4. The number of aromatic nitrogens is 3. The Bertz CT molecular complexity index is 614. The van der Waals surface area contributed by atoms with E-state index in [9.17, 15) is 0 Å². The molecule has 0 N–H and O–H groups in total. The van der Waals surface area contributed by atoms with E-state index in [1.807, 2.05) is 18.5 Å². The van der Waals surface area contributed by atoms with E-state index in [1.54, 1.807) is 6.33 Å². The molecule has 0 amide bonds.